The van der Waals surface area contributed by atoms with E-state index in [1.165, 1.54) is 0 Å². The van der Waals surface area contributed by atoms with E-state index in [4.69, 9.17) is 0 Å². The lowest BCUT2D eigenvalue weighted by atomic mass is 10.1. The minimum absolute atomic E-state index is 0.321. The Morgan fingerprint density at radius 3 is 2.12 bits per heavy atom. The molecule has 0 amide bonds. The highest BCUT2D eigenvalue weighted by Gasteiger charge is 2.14. The van der Waals surface area contributed by atoms with Gasteiger partial charge in [-0.1, -0.05) is 30.3 Å². The summed E-state index contributed by atoms with van der Waals surface area (Å²) in [6.07, 6.45) is 0. The quantitative estimate of drug-likeness (QED) is 0.771. The summed E-state index contributed by atoms with van der Waals surface area (Å²) in [5, 5.41) is 0. The zero-order chi connectivity index (χ0) is 12.5. The third-order valence-electron chi connectivity index (χ3n) is 2.26. The Morgan fingerprint density at radius 1 is 0.882 bits per heavy atom. The molecule has 0 spiro atoms. The Morgan fingerprint density at radius 2 is 1.53 bits per heavy atom. The summed E-state index contributed by atoms with van der Waals surface area (Å²) in [4.78, 5) is -0.670. The van der Waals surface area contributed by atoms with E-state index >= 15 is 0 Å². The Kier molecular flexibility index (Phi) is 2.93. The highest BCUT2D eigenvalue weighted by Crippen LogP contribution is 2.24. The van der Waals surface area contributed by atoms with Crippen LogP contribution in [0.15, 0.2) is 53.4 Å². The lowest BCUT2D eigenvalue weighted by Crippen LogP contribution is -1.94. The third kappa shape index (κ3) is 2.68. The standard InChI is InChI=1S/C12H8F2O2S/c13-11-6-10(9-4-2-1-3-5-9)7-12(8-11)17(14,15)16/h1-8H. The fraction of sp³-hybridized carbons (Fsp3) is 0. The number of hydrogen-bond acceptors (Lipinski definition) is 2. The normalized spacial score (nSPS) is 11.4. The van der Waals surface area contributed by atoms with Crippen LogP contribution < -0.4 is 0 Å². The van der Waals surface area contributed by atoms with Gasteiger partial charge in [0.15, 0.2) is 0 Å². The minimum atomic E-state index is -4.90. The van der Waals surface area contributed by atoms with Gasteiger partial charge in [0.2, 0.25) is 0 Å². The van der Waals surface area contributed by atoms with Crippen LogP contribution in [-0.4, -0.2) is 8.42 Å². The van der Waals surface area contributed by atoms with Gasteiger partial charge in [-0.05, 0) is 29.3 Å². The van der Waals surface area contributed by atoms with Crippen LogP contribution >= 0.6 is 0 Å². The van der Waals surface area contributed by atoms with Crippen LogP contribution in [0.4, 0.5) is 8.28 Å². The first-order chi connectivity index (χ1) is 7.97. The van der Waals surface area contributed by atoms with Crippen LogP contribution in [-0.2, 0) is 10.2 Å². The summed E-state index contributed by atoms with van der Waals surface area (Å²) >= 11 is 0. The van der Waals surface area contributed by atoms with Crippen molar-refractivity contribution in [3.05, 3.63) is 54.3 Å². The molecule has 5 heteroatoms. The monoisotopic (exact) mass is 254 g/mol. The van der Waals surface area contributed by atoms with E-state index in [0.717, 1.165) is 12.1 Å². The zero-order valence-electron chi connectivity index (χ0n) is 8.60. The lowest BCUT2D eigenvalue weighted by molar-refractivity contribution is 0.549. The topological polar surface area (TPSA) is 34.1 Å². The van der Waals surface area contributed by atoms with Crippen molar-refractivity contribution in [2.45, 2.75) is 4.90 Å². The summed E-state index contributed by atoms with van der Waals surface area (Å²) < 4.78 is 47.5. The highest BCUT2D eigenvalue weighted by molar-refractivity contribution is 7.86. The summed E-state index contributed by atoms with van der Waals surface area (Å²) in [5.74, 6) is -0.789. The molecule has 0 atom stereocenters. The third-order valence-corrected chi connectivity index (χ3v) is 3.06. The van der Waals surface area contributed by atoms with E-state index in [-0.39, 0.29) is 0 Å². The maximum atomic E-state index is 13.2. The van der Waals surface area contributed by atoms with Gasteiger partial charge in [0.1, 0.15) is 10.7 Å². The smallest absolute Gasteiger partial charge is 0.207 e. The number of benzene rings is 2. The Bertz CT molecular complexity index is 637. The summed E-state index contributed by atoms with van der Waals surface area (Å²) in [6, 6.07) is 11.5. The Balaban J connectivity index is 2.61. The molecule has 17 heavy (non-hydrogen) atoms. The van der Waals surface area contributed by atoms with Gasteiger partial charge in [-0.25, -0.2) is 4.39 Å². The van der Waals surface area contributed by atoms with Gasteiger partial charge >= 0.3 is 10.2 Å². The van der Waals surface area contributed by atoms with Crippen LogP contribution in [0.3, 0.4) is 0 Å². The molecule has 0 saturated heterocycles. The van der Waals surface area contributed by atoms with Crippen LogP contribution in [0.25, 0.3) is 11.1 Å². The molecular weight excluding hydrogens is 246 g/mol. The van der Waals surface area contributed by atoms with Crippen molar-refractivity contribution < 1.29 is 16.7 Å². The first-order valence-corrected chi connectivity index (χ1v) is 6.16. The van der Waals surface area contributed by atoms with Gasteiger partial charge in [-0.3, -0.25) is 0 Å². The van der Waals surface area contributed by atoms with Crippen molar-refractivity contribution in [3.8, 4) is 11.1 Å². The molecule has 0 fully saturated rings. The molecule has 0 aliphatic heterocycles. The van der Waals surface area contributed by atoms with E-state index in [2.05, 4.69) is 0 Å². The second-order valence-electron chi connectivity index (χ2n) is 3.48. The number of hydrogen-bond donors (Lipinski definition) is 0. The molecule has 0 aromatic heterocycles. The summed E-state index contributed by atoms with van der Waals surface area (Å²) in [6.45, 7) is 0. The predicted octanol–water partition coefficient (Wildman–Crippen LogP) is 3.15. The predicted molar refractivity (Wildman–Crippen MR) is 60.1 cm³/mol. The second-order valence-corrected chi connectivity index (χ2v) is 4.83. The number of rotatable bonds is 2. The Labute approximate surface area is 97.7 Å². The summed E-state index contributed by atoms with van der Waals surface area (Å²) in [7, 11) is -4.90. The molecule has 88 valence electrons. The largest absolute Gasteiger partial charge is 0.332 e. The van der Waals surface area contributed by atoms with Gasteiger partial charge < -0.3 is 0 Å². The van der Waals surface area contributed by atoms with Crippen molar-refractivity contribution >= 4 is 10.2 Å². The average molecular weight is 254 g/mol. The molecular formula is C12H8F2O2S. The molecule has 0 saturated carbocycles. The van der Waals surface area contributed by atoms with Crippen molar-refractivity contribution in [1.82, 2.24) is 0 Å². The molecule has 0 heterocycles. The average Bonchev–Trinajstić information content (AvgIpc) is 2.28. The molecule has 0 N–H and O–H groups in total. The first kappa shape index (κ1) is 11.7. The molecule has 0 radical (unpaired) electrons. The van der Waals surface area contributed by atoms with Crippen molar-refractivity contribution in [1.29, 1.82) is 0 Å². The van der Waals surface area contributed by atoms with E-state index < -0.39 is 20.9 Å². The highest BCUT2D eigenvalue weighted by atomic mass is 32.3. The molecule has 0 unspecified atom stereocenters. The maximum Gasteiger partial charge on any atom is 0.332 e. The minimum Gasteiger partial charge on any atom is -0.207 e. The van der Waals surface area contributed by atoms with E-state index in [0.29, 0.717) is 17.2 Å². The van der Waals surface area contributed by atoms with Crippen molar-refractivity contribution in [2.75, 3.05) is 0 Å². The molecule has 0 bridgehead atoms. The molecule has 2 nitrogen and oxygen atoms in total. The molecule has 2 aromatic rings. The van der Waals surface area contributed by atoms with Gasteiger partial charge in [-0.2, -0.15) is 8.42 Å². The van der Waals surface area contributed by atoms with Crippen molar-refractivity contribution in [3.63, 3.8) is 0 Å². The van der Waals surface area contributed by atoms with Crippen LogP contribution in [0.5, 0.6) is 0 Å². The molecule has 0 aliphatic carbocycles. The Hall–Kier alpha value is -1.75. The van der Waals surface area contributed by atoms with E-state index in [1.807, 2.05) is 0 Å². The number of halogens is 2. The molecule has 2 rings (SSSR count). The van der Waals surface area contributed by atoms with Crippen molar-refractivity contribution in [2.24, 2.45) is 0 Å². The second kappa shape index (κ2) is 4.25. The van der Waals surface area contributed by atoms with E-state index in [9.17, 15) is 16.7 Å². The zero-order valence-corrected chi connectivity index (χ0v) is 9.42. The first-order valence-electron chi connectivity index (χ1n) is 4.77. The SMILES string of the molecule is O=S(=O)(F)c1cc(F)cc(-c2ccccc2)c1. The van der Waals surface area contributed by atoms with Crippen LogP contribution in [0.2, 0.25) is 0 Å². The lowest BCUT2D eigenvalue weighted by Gasteiger charge is -2.03. The molecule has 2 aromatic carbocycles. The van der Waals surface area contributed by atoms with Gasteiger partial charge in [-0.15, -0.1) is 3.89 Å². The fourth-order valence-corrected chi connectivity index (χ4v) is 2.02. The van der Waals surface area contributed by atoms with Gasteiger partial charge in [0, 0.05) is 0 Å². The molecule has 0 aliphatic rings. The fourth-order valence-electron chi connectivity index (χ4n) is 1.50. The van der Waals surface area contributed by atoms with Gasteiger partial charge in [0.25, 0.3) is 0 Å². The summed E-state index contributed by atoms with van der Waals surface area (Å²) in [5.41, 5.74) is 0.943. The van der Waals surface area contributed by atoms with Crippen LogP contribution in [0.1, 0.15) is 0 Å². The van der Waals surface area contributed by atoms with Crippen LogP contribution in [0, 0.1) is 5.82 Å². The van der Waals surface area contributed by atoms with E-state index in [1.54, 1.807) is 30.3 Å². The van der Waals surface area contributed by atoms with Gasteiger partial charge in [0.05, 0.1) is 0 Å². The maximum absolute atomic E-state index is 13.2.